The Labute approximate surface area is 172 Å². The van der Waals surface area contributed by atoms with Gasteiger partial charge in [0, 0.05) is 43.3 Å². The van der Waals surface area contributed by atoms with Gasteiger partial charge < -0.3 is 9.88 Å². The lowest BCUT2D eigenvalue weighted by atomic mass is 10.1. The number of halogens is 1. The summed E-state index contributed by atoms with van der Waals surface area (Å²) in [5, 5.41) is 0. The molecule has 144 valence electrons. The molecule has 0 radical (unpaired) electrons. The van der Waals surface area contributed by atoms with Gasteiger partial charge in [0.05, 0.1) is 4.34 Å². The number of hydrogen-bond acceptors (Lipinski definition) is 4. The van der Waals surface area contributed by atoms with E-state index >= 15 is 0 Å². The van der Waals surface area contributed by atoms with Crippen LogP contribution < -0.4 is 5.56 Å². The summed E-state index contributed by atoms with van der Waals surface area (Å²) in [7, 11) is 0. The first-order chi connectivity index (χ1) is 13.6. The van der Waals surface area contributed by atoms with Crippen LogP contribution in [-0.2, 0) is 6.54 Å². The van der Waals surface area contributed by atoms with E-state index in [4.69, 9.17) is 11.6 Å². The standard InChI is InChI=1S/C21H20ClN3O2S/c22-19-9-6-16(28-19)14-24-10-12-25(13-11-24)21(27)17-7-8-18(23-20(17)26)15-4-2-1-3-5-15/h1-9H,10-14H2,(H,23,26). The van der Waals surface area contributed by atoms with Crippen LogP contribution in [0.2, 0.25) is 4.34 Å². The van der Waals surface area contributed by atoms with Crippen LogP contribution in [0.15, 0.2) is 59.4 Å². The predicted octanol–water partition coefficient (Wildman–Crippen LogP) is 3.71. The van der Waals surface area contributed by atoms with Crippen LogP contribution in [0.1, 0.15) is 15.2 Å². The zero-order chi connectivity index (χ0) is 19.5. The number of H-pyrrole nitrogens is 1. The fraction of sp³-hybridized carbons (Fsp3) is 0.238. The van der Waals surface area contributed by atoms with Crippen molar-refractivity contribution < 1.29 is 4.79 Å². The largest absolute Gasteiger partial charge is 0.336 e. The number of benzene rings is 1. The summed E-state index contributed by atoms with van der Waals surface area (Å²) in [5.74, 6) is -0.209. The second kappa shape index (κ2) is 8.31. The number of carbonyl (C=O) groups is 1. The highest BCUT2D eigenvalue weighted by atomic mass is 35.5. The summed E-state index contributed by atoms with van der Waals surface area (Å²) in [4.78, 5) is 33.4. The van der Waals surface area contributed by atoms with E-state index in [1.165, 1.54) is 4.88 Å². The summed E-state index contributed by atoms with van der Waals surface area (Å²) >= 11 is 7.57. The number of amides is 1. The molecule has 0 unspecified atom stereocenters. The van der Waals surface area contributed by atoms with Crippen LogP contribution in [0.25, 0.3) is 11.3 Å². The molecule has 1 aromatic carbocycles. The molecule has 3 aromatic rings. The minimum Gasteiger partial charge on any atom is -0.336 e. The summed E-state index contributed by atoms with van der Waals surface area (Å²) in [5.41, 5.74) is 1.47. The molecule has 0 atom stereocenters. The van der Waals surface area contributed by atoms with E-state index in [1.54, 1.807) is 28.4 Å². The highest BCUT2D eigenvalue weighted by molar-refractivity contribution is 7.16. The monoisotopic (exact) mass is 413 g/mol. The van der Waals surface area contributed by atoms with Gasteiger partial charge in [0.1, 0.15) is 5.56 Å². The Morgan fingerprint density at radius 1 is 1.00 bits per heavy atom. The van der Waals surface area contributed by atoms with Gasteiger partial charge in [0.15, 0.2) is 0 Å². The van der Waals surface area contributed by atoms with Crippen LogP contribution in [0, 0.1) is 0 Å². The van der Waals surface area contributed by atoms with Crippen LogP contribution in [-0.4, -0.2) is 46.9 Å². The zero-order valence-electron chi connectivity index (χ0n) is 15.2. The van der Waals surface area contributed by atoms with Gasteiger partial charge in [-0.2, -0.15) is 0 Å². The van der Waals surface area contributed by atoms with Crippen molar-refractivity contribution in [1.82, 2.24) is 14.8 Å². The predicted molar refractivity (Wildman–Crippen MR) is 113 cm³/mol. The van der Waals surface area contributed by atoms with Gasteiger partial charge in [0.2, 0.25) is 0 Å². The van der Waals surface area contributed by atoms with Crippen LogP contribution >= 0.6 is 22.9 Å². The van der Waals surface area contributed by atoms with Crippen molar-refractivity contribution in [3.05, 3.63) is 79.7 Å². The average molecular weight is 414 g/mol. The molecule has 5 nitrogen and oxygen atoms in total. The summed E-state index contributed by atoms with van der Waals surface area (Å²) in [6.45, 7) is 3.62. The van der Waals surface area contributed by atoms with Gasteiger partial charge in [-0.3, -0.25) is 14.5 Å². The Kier molecular flexibility index (Phi) is 5.62. The van der Waals surface area contributed by atoms with Gasteiger partial charge in [-0.15, -0.1) is 11.3 Å². The first kappa shape index (κ1) is 18.9. The van der Waals surface area contributed by atoms with Crippen molar-refractivity contribution in [3.63, 3.8) is 0 Å². The maximum absolute atomic E-state index is 12.8. The topological polar surface area (TPSA) is 56.4 Å². The van der Waals surface area contributed by atoms with Crippen molar-refractivity contribution >= 4 is 28.8 Å². The average Bonchev–Trinajstić information content (AvgIpc) is 3.13. The number of aromatic amines is 1. The van der Waals surface area contributed by atoms with Crippen molar-refractivity contribution in [2.24, 2.45) is 0 Å². The van der Waals surface area contributed by atoms with E-state index in [1.807, 2.05) is 42.5 Å². The number of pyridine rings is 1. The Morgan fingerprint density at radius 2 is 1.75 bits per heavy atom. The second-order valence-corrected chi connectivity index (χ2v) is 8.55. The lowest BCUT2D eigenvalue weighted by Gasteiger charge is -2.34. The second-order valence-electron chi connectivity index (χ2n) is 6.76. The molecule has 1 N–H and O–H groups in total. The van der Waals surface area contributed by atoms with E-state index in [-0.39, 0.29) is 17.0 Å². The molecule has 1 aliphatic heterocycles. The zero-order valence-corrected chi connectivity index (χ0v) is 16.8. The number of rotatable bonds is 4. The van der Waals surface area contributed by atoms with E-state index in [9.17, 15) is 9.59 Å². The van der Waals surface area contributed by atoms with E-state index in [2.05, 4.69) is 9.88 Å². The van der Waals surface area contributed by atoms with E-state index in [0.717, 1.165) is 29.5 Å². The van der Waals surface area contributed by atoms with E-state index < -0.39 is 0 Å². The summed E-state index contributed by atoms with van der Waals surface area (Å²) < 4.78 is 0.794. The minimum absolute atomic E-state index is 0.193. The number of carbonyl (C=O) groups excluding carboxylic acids is 1. The van der Waals surface area contributed by atoms with Gasteiger partial charge in [0.25, 0.3) is 11.5 Å². The summed E-state index contributed by atoms with van der Waals surface area (Å²) in [6.07, 6.45) is 0. The van der Waals surface area contributed by atoms with Gasteiger partial charge in [-0.1, -0.05) is 41.9 Å². The van der Waals surface area contributed by atoms with Gasteiger partial charge in [-0.25, -0.2) is 0 Å². The van der Waals surface area contributed by atoms with Crippen molar-refractivity contribution in [3.8, 4) is 11.3 Å². The molecule has 1 aliphatic rings. The third-order valence-electron chi connectivity index (χ3n) is 4.89. The molecule has 0 bridgehead atoms. The summed E-state index contributed by atoms with van der Waals surface area (Å²) in [6, 6.07) is 17.0. The number of aromatic nitrogens is 1. The molecule has 28 heavy (non-hydrogen) atoms. The molecule has 1 saturated heterocycles. The lowest BCUT2D eigenvalue weighted by molar-refractivity contribution is 0.0628. The Morgan fingerprint density at radius 3 is 2.39 bits per heavy atom. The Hall–Kier alpha value is -2.41. The molecule has 3 heterocycles. The fourth-order valence-electron chi connectivity index (χ4n) is 3.36. The molecule has 1 amide bonds. The first-order valence-electron chi connectivity index (χ1n) is 9.15. The van der Waals surface area contributed by atoms with Crippen molar-refractivity contribution in [2.75, 3.05) is 26.2 Å². The maximum Gasteiger partial charge on any atom is 0.261 e. The minimum atomic E-state index is -0.345. The van der Waals surface area contributed by atoms with Crippen molar-refractivity contribution in [2.45, 2.75) is 6.54 Å². The molecule has 2 aromatic heterocycles. The maximum atomic E-state index is 12.8. The number of piperazine rings is 1. The number of thiophene rings is 1. The molecule has 7 heteroatoms. The molecule has 0 spiro atoms. The molecular formula is C21H20ClN3O2S. The van der Waals surface area contributed by atoms with Crippen LogP contribution in [0.5, 0.6) is 0 Å². The number of hydrogen-bond donors (Lipinski definition) is 1. The first-order valence-corrected chi connectivity index (χ1v) is 10.3. The van der Waals surface area contributed by atoms with Crippen LogP contribution in [0.4, 0.5) is 0 Å². The Balaban J connectivity index is 1.40. The highest BCUT2D eigenvalue weighted by Gasteiger charge is 2.24. The molecule has 0 aliphatic carbocycles. The van der Waals surface area contributed by atoms with Gasteiger partial charge >= 0.3 is 0 Å². The van der Waals surface area contributed by atoms with Crippen LogP contribution in [0.3, 0.4) is 0 Å². The molecular weight excluding hydrogens is 394 g/mol. The third kappa shape index (κ3) is 4.19. The van der Waals surface area contributed by atoms with E-state index in [0.29, 0.717) is 18.8 Å². The fourth-order valence-corrected chi connectivity index (χ4v) is 4.49. The normalized spacial score (nSPS) is 15.0. The van der Waals surface area contributed by atoms with Crippen molar-refractivity contribution in [1.29, 1.82) is 0 Å². The molecule has 0 saturated carbocycles. The molecule has 4 rings (SSSR count). The Bertz CT molecular complexity index is 1020. The lowest BCUT2D eigenvalue weighted by Crippen LogP contribution is -2.49. The van der Waals surface area contributed by atoms with Gasteiger partial charge in [-0.05, 0) is 29.8 Å². The molecule has 1 fully saturated rings. The highest BCUT2D eigenvalue weighted by Crippen LogP contribution is 2.23. The number of nitrogens with zero attached hydrogens (tertiary/aromatic N) is 2. The quantitative estimate of drug-likeness (QED) is 0.709. The smallest absolute Gasteiger partial charge is 0.261 e. The number of nitrogens with one attached hydrogen (secondary N) is 1. The third-order valence-corrected chi connectivity index (χ3v) is 6.11. The SMILES string of the molecule is O=C(c1ccc(-c2ccccc2)[nH]c1=O)N1CCN(Cc2ccc(Cl)s2)CC1.